The second-order valence-electron chi connectivity index (χ2n) is 4.98. The molecule has 2 amide bonds. The lowest BCUT2D eigenvalue weighted by molar-refractivity contribution is -0.121. The summed E-state index contributed by atoms with van der Waals surface area (Å²) in [6, 6.07) is 0.379. The molecule has 0 bridgehead atoms. The van der Waals surface area contributed by atoms with Crippen LogP contribution in [0.2, 0.25) is 0 Å². The van der Waals surface area contributed by atoms with Gasteiger partial charge in [-0.15, -0.1) is 0 Å². The third kappa shape index (κ3) is 7.74. The topological polar surface area (TPSA) is 70.2 Å². The van der Waals surface area contributed by atoms with Crippen LogP contribution < -0.4 is 16.0 Å². The predicted octanol–water partition coefficient (Wildman–Crippen LogP) is 0.0169. The lowest BCUT2D eigenvalue weighted by atomic mass is 10.1. The fourth-order valence-corrected chi connectivity index (χ4v) is 1.36. The molecule has 98 valence electrons. The number of carbonyl (C=O) groups excluding carboxylic acids is 2. The Bertz CT molecular complexity index is 262. The highest BCUT2D eigenvalue weighted by Crippen LogP contribution is 2.17. The molecular formula is C12H23N3O2. The van der Waals surface area contributed by atoms with Crippen LogP contribution in [0, 0.1) is 5.92 Å². The fraction of sp³-hybridized carbons (Fsp3) is 0.833. The van der Waals surface area contributed by atoms with Crippen LogP contribution in [0.3, 0.4) is 0 Å². The molecule has 0 atom stereocenters. The summed E-state index contributed by atoms with van der Waals surface area (Å²) >= 11 is 0. The maximum Gasteiger partial charge on any atom is 0.234 e. The molecule has 1 aliphatic carbocycles. The van der Waals surface area contributed by atoms with Gasteiger partial charge in [0, 0.05) is 12.6 Å². The van der Waals surface area contributed by atoms with Gasteiger partial charge in [0.05, 0.1) is 13.1 Å². The Morgan fingerprint density at radius 3 is 2.41 bits per heavy atom. The first-order valence-corrected chi connectivity index (χ1v) is 6.34. The van der Waals surface area contributed by atoms with Gasteiger partial charge in [-0.05, 0) is 25.2 Å². The van der Waals surface area contributed by atoms with Crippen LogP contribution in [0.15, 0.2) is 0 Å². The van der Waals surface area contributed by atoms with Gasteiger partial charge in [0.15, 0.2) is 0 Å². The molecule has 0 aromatic carbocycles. The van der Waals surface area contributed by atoms with Gasteiger partial charge < -0.3 is 10.6 Å². The third-order valence-corrected chi connectivity index (χ3v) is 2.56. The first-order valence-electron chi connectivity index (χ1n) is 6.34. The molecule has 0 spiro atoms. The maximum absolute atomic E-state index is 11.3. The number of amides is 2. The van der Waals surface area contributed by atoms with Gasteiger partial charge in [0.2, 0.25) is 11.8 Å². The van der Waals surface area contributed by atoms with E-state index in [0.717, 1.165) is 19.3 Å². The Morgan fingerprint density at radius 2 is 1.82 bits per heavy atom. The molecule has 3 N–H and O–H groups in total. The van der Waals surface area contributed by atoms with Crippen molar-refractivity contribution in [2.75, 3.05) is 19.6 Å². The second kappa shape index (κ2) is 7.27. The van der Waals surface area contributed by atoms with E-state index in [0.29, 0.717) is 18.5 Å². The van der Waals surface area contributed by atoms with Gasteiger partial charge in [0.1, 0.15) is 0 Å². The summed E-state index contributed by atoms with van der Waals surface area (Å²) in [5.74, 6) is 0.514. The lowest BCUT2D eigenvalue weighted by Gasteiger charge is -2.08. The molecule has 0 radical (unpaired) electrons. The van der Waals surface area contributed by atoms with Gasteiger partial charge in [-0.2, -0.15) is 0 Å². The molecule has 1 aliphatic rings. The van der Waals surface area contributed by atoms with Crippen LogP contribution >= 0.6 is 0 Å². The van der Waals surface area contributed by atoms with E-state index in [1.165, 1.54) is 0 Å². The molecule has 5 nitrogen and oxygen atoms in total. The summed E-state index contributed by atoms with van der Waals surface area (Å²) in [6.07, 6.45) is 3.15. The van der Waals surface area contributed by atoms with Gasteiger partial charge in [-0.3, -0.25) is 14.9 Å². The minimum Gasteiger partial charge on any atom is -0.355 e. The van der Waals surface area contributed by atoms with Crippen molar-refractivity contribution in [3.05, 3.63) is 0 Å². The molecular weight excluding hydrogens is 218 g/mol. The standard InChI is InChI=1S/C12H23N3O2/c1-9(2)5-6-14-11(16)7-13-8-12(17)15-10-3-4-10/h9-10,13H,3-8H2,1-2H3,(H,14,16)(H,15,17). The molecule has 5 heteroatoms. The minimum atomic E-state index is -0.0510. The van der Waals surface area contributed by atoms with Crippen molar-refractivity contribution < 1.29 is 9.59 Å². The molecule has 0 heterocycles. The van der Waals surface area contributed by atoms with Gasteiger partial charge >= 0.3 is 0 Å². The van der Waals surface area contributed by atoms with E-state index >= 15 is 0 Å². The van der Waals surface area contributed by atoms with E-state index in [2.05, 4.69) is 29.8 Å². The molecule has 0 saturated heterocycles. The van der Waals surface area contributed by atoms with E-state index in [-0.39, 0.29) is 24.9 Å². The fourth-order valence-electron chi connectivity index (χ4n) is 1.36. The van der Waals surface area contributed by atoms with Crippen LogP contribution in [0.5, 0.6) is 0 Å². The van der Waals surface area contributed by atoms with Crippen molar-refractivity contribution in [1.82, 2.24) is 16.0 Å². The van der Waals surface area contributed by atoms with Crippen molar-refractivity contribution in [3.63, 3.8) is 0 Å². The van der Waals surface area contributed by atoms with Crippen LogP contribution in [0.4, 0.5) is 0 Å². The van der Waals surface area contributed by atoms with Crippen LogP contribution in [0.1, 0.15) is 33.1 Å². The van der Waals surface area contributed by atoms with E-state index < -0.39 is 0 Å². The number of hydrogen-bond donors (Lipinski definition) is 3. The van der Waals surface area contributed by atoms with Gasteiger partial charge in [0.25, 0.3) is 0 Å². The summed E-state index contributed by atoms with van der Waals surface area (Å²) in [6.45, 7) is 5.36. The smallest absolute Gasteiger partial charge is 0.234 e. The van der Waals surface area contributed by atoms with Crippen LogP contribution in [-0.4, -0.2) is 37.5 Å². The third-order valence-electron chi connectivity index (χ3n) is 2.56. The highest BCUT2D eigenvalue weighted by atomic mass is 16.2. The van der Waals surface area contributed by atoms with Crippen molar-refractivity contribution in [2.45, 2.75) is 39.2 Å². The van der Waals surface area contributed by atoms with E-state index in [9.17, 15) is 9.59 Å². The van der Waals surface area contributed by atoms with Crippen LogP contribution in [-0.2, 0) is 9.59 Å². The second-order valence-corrected chi connectivity index (χ2v) is 4.98. The Kier molecular flexibility index (Phi) is 5.97. The van der Waals surface area contributed by atoms with Gasteiger partial charge in [-0.1, -0.05) is 13.8 Å². The summed E-state index contributed by atoms with van der Waals surface area (Å²) in [4.78, 5) is 22.6. The summed E-state index contributed by atoms with van der Waals surface area (Å²) in [7, 11) is 0. The monoisotopic (exact) mass is 241 g/mol. The first-order chi connectivity index (χ1) is 8.08. The average Bonchev–Trinajstić information content (AvgIpc) is 3.01. The zero-order chi connectivity index (χ0) is 12.7. The van der Waals surface area contributed by atoms with Crippen molar-refractivity contribution in [3.8, 4) is 0 Å². The zero-order valence-electron chi connectivity index (χ0n) is 10.7. The molecule has 0 aliphatic heterocycles. The number of nitrogens with one attached hydrogen (secondary N) is 3. The zero-order valence-corrected chi connectivity index (χ0v) is 10.7. The highest BCUT2D eigenvalue weighted by Gasteiger charge is 2.22. The van der Waals surface area contributed by atoms with E-state index in [4.69, 9.17) is 0 Å². The molecule has 1 saturated carbocycles. The van der Waals surface area contributed by atoms with E-state index in [1.807, 2.05) is 0 Å². The molecule has 0 unspecified atom stereocenters. The SMILES string of the molecule is CC(C)CCNC(=O)CNCC(=O)NC1CC1. The molecule has 0 aromatic heterocycles. The number of hydrogen-bond acceptors (Lipinski definition) is 3. The average molecular weight is 241 g/mol. The summed E-state index contributed by atoms with van der Waals surface area (Å²) in [5, 5.41) is 8.49. The Labute approximate surface area is 103 Å². The molecule has 0 aromatic rings. The van der Waals surface area contributed by atoms with Crippen LogP contribution in [0.25, 0.3) is 0 Å². The molecule has 1 fully saturated rings. The normalized spacial score (nSPS) is 14.8. The summed E-state index contributed by atoms with van der Waals surface area (Å²) < 4.78 is 0. The number of carbonyl (C=O) groups is 2. The maximum atomic E-state index is 11.3. The Morgan fingerprint density at radius 1 is 1.18 bits per heavy atom. The Balaban J connectivity index is 1.93. The van der Waals surface area contributed by atoms with Gasteiger partial charge in [-0.25, -0.2) is 0 Å². The van der Waals surface area contributed by atoms with Crippen molar-refractivity contribution in [1.29, 1.82) is 0 Å². The van der Waals surface area contributed by atoms with Crippen molar-refractivity contribution in [2.24, 2.45) is 5.92 Å². The number of rotatable bonds is 8. The first kappa shape index (κ1) is 14.0. The predicted molar refractivity (Wildman–Crippen MR) is 66.5 cm³/mol. The molecule has 17 heavy (non-hydrogen) atoms. The van der Waals surface area contributed by atoms with E-state index in [1.54, 1.807) is 0 Å². The highest BCUT2D eigenvalue weighted by molar-refractivity contribution is 5.81. The quantitative estimate of drug-likeness (QED) is 0.561. The molecule has 1 rings (SSSR count). The minimum absolute atomic E-state index is 0.0255. The van der Waals surface area contributed by atoms with Crippen molar-refractivity contribution >= 4 is 11.8 Å². The summed E-state index contributed by atoms with van der Waals surface area (Å²) in [5.41, 5.74) is 0. The Hall–Kier alpha value is -1.10. The lowest BCUT2D eigenvalue weighted by Crippen LogP contribution is -2.40. The largest absolute Gasteiger partial charge is 0.355 e.